The molecule has 1 aromatic rings. The molecule has 0 bridgehead atoms. The molecular weight excluding hydrogens is 252 g/mol. The van der Waals surface area contributed by atoms with Gasteiger partial charge >= 0.3 is 0 Å². The molecule has 0 saturated heterocycles. The molecule has 4 heteroatoms. The van der Waals surface area contributed by atoms with Gasteiger partial charge in [0, 0.05) is 26.2 Å². The van der Waals surface area contributed by atoms with Crippen LogP contribution in [0.2, 0.25) is 0 Å². The zero-order valence-corrected chi connectivity index (χ0v) is 13.2. The van der Waals surface area contributed by atoms with E-state index in [4.69, 9.17) is 9.47 Å². The minimum Gasteiger partial charge on any atom is -0.494 e. The van der Waals surface area contributed by atoms with Gasteiger partial charge in [0.25, 0.3) is 0 Å². The van der Waals surface area contributed by atoms with Gasteiger partial charge in [-0.15, -0.1) is 0 Å². The molecule has 20 heavy (non-hydrogen) atoms. The number of likely N-dealkylation sites (N-methyl/N-ethyl adjacent to an activating group) is 2. The highest BCUT2D eigenvalue weighted by Crippen LogP contribution is 2.18. The van der Waals surface area contributed by atoms with E-state index in [1.807, 2.05) is 19.1 Å². The molecule has 0 aliphatic heterocycles. The Labute approximate surface area is 123 Å². The van der Waals surface area contributed by atoms with Crippen molar-refractivity contribution in [1.82, 2.24) is 10.2 Å². The summed E-state index contributed by atoms with van der Waals surface area (Å²) in [6.45, 7) is 8.46. The second kappa shape index (κ2) is 9.75. The predicted octanol–water partition coefficient (Wildman–Crippen LogP) is 2.31. The van der Waals surface area contributed by atoms with Crippen molar-refractivity contribution in [3.05, 3.63) is 29.8 Å². The Kier molecular flexibility index (Phi) is 8.26. The summed E-state index contributed by atoms with van der Waals surface area (Å²) in [5, 5.41) is 3.53. The van der Waals surface area contributed by atoms with Gasteiger partial charge in [-0.3, -0.25) is 0 Å². The van der Waals surface area contributed by atoms with Crippen LogP contribution < -0.4 is 10.1 Å². The zero-order valence-electron chi connectivity index (χ0n) is 13.2. The standard InChI is InChI=1S/C16H28N2O2/c1-5-17-16(13-18(3)11-12-19-4)14-7-9-15(10-8-14)20-6-2/h7-10,16-17H,5-6,11-13H2,1-4H3. The highest BCUT2D eigenvalue weighted by molar-refractivity contribution is 5.29. The number of hydrogen-bond acceptors (Lipinski definition) is 4. The van der Waals surface area contributed by atoms with Gasteiger partial charge in [0.1, 0.15) is 5.75 Å². The number of rotatable bonds is 10. The monoisotopic (exact) mass is 280 g/mol. The minimum atomic E-state index is 0.331. The Morgan fingerprint density at radius 2 is 1.90 bits per heavy atom. The predicted molar refractivity (Wildman–Crippen MR) is 83.4 cm³/mol. The maximum Gasteiger partial charge on any atom is 0.119 e. The quantitative estimate of drug-likeness (QED) is 0.713. The largest absolute Gasteiger partial charge is 0.494 e. The molecule has 0 saturated carbocycles. The summed E-state index contributed by atoms with van der Waals surface area (Å²) in [7, 11) is 3.86. The van der Waals surface area contributed by atoms with Crippen LogP contribution in [0.25, 0.3) is 0 Å². The Balaban J connectivity index is 2.64. The number of ether oxygens (including phenoxy) is 2. The molecule has 1 unspecified atom stereocenters. The van der Waals surface area contributed by atoms with Crippen molar-refractivity contribution < 1.29 is 9.47 Å². The minimum absolute atomic E-state index is 0.331. The van der Waals surface area contributed by atoms with Crippen LogP contribution in [0.3, 0.4) is 0 Å². The van der Waals surface area contributed by atoms with Crippen LogP contribution in [0, 0.1) is 0 Å². The van der Waals surface area contributed by atoms with Crippen LogP contribution in [0.15, 0.2) is 24.3 Å². The van der Waals surface area contributed by atoms with Gasteiger partial charge in [-0.25, -0.2) is 0 Å². The summed E-state index contributed by atoms with van der Waals surface area (Å²) in [6.07, 6.45) is 0. The molecule has 0 aromatic heterocycles. The van der Waals surface area contributed by atoms with Crippen LogP contribution >= 0.6 is 0 Å². The second-order valence-corrected chi connectivity index (χ2v) is 4.87. The molecule has 0 spiro atoms. The Morgan fingerprint density at radius 1 is 1.20 bits per heavy atom. The SMILES string of the molecule is CCNC(CN(C)CCOC)c1ccc(OCC)cc1. The molecule has 0 heterocycles. The van der Waals surface area contributed by atoms with Gasteiger partial charge < -0.3 is 19.7 Å². The van der Waals surface area contributed by atoms with E-state index < -0.39 is 0 Å². The zero-order chi connectivity index (χ0) is 14.8. The molecule has 0 amide bonds. The number of nitrogens with zero attached hydrogens (tertiary/aromatic N) is 1. The fraction of sp³-hybridized carbons (Fsp3) is 0.625. The molecule has 0 radical (unpaired) electrons. The van der Waals surface area contributed by atoms with Crippen molar-refractivity contribution in [3.8, 4) is 5.75 Å². The maximum atomic E-state index is 5.49. The number of benzene rings is 1. The lowest BCUT2D eigenvalue weighted by Crippen LogP contribution is -2.34. The van der Waals surface area contributed by atoms with Crippen molar-refractivity contribution in [3.63, 3.8) is 0 Å². The summed E-state index contributed by atoms with van der Waals surface area (Å²) in [5.74, 6) is 0.930. The number of methoxy groups -OCH3 is 1. The van der Waals surface area contributed by atoms with Crippen LogP contribution in [0.4, 0.5) is 0 Å². The molecular formula is C16H28N2O2. The highest BCUT2D eigenvalue weighted by Gasteiger charge is 2.13. The Hall–Kier alpha value is -1.10. The third-order valence-corrected chi connectivity index (χ3v) is 3.22. The van der Waals surface area contributed by atoms with Gasteiger partial charge in [0.2, 0.25) is 0 Å². The average Bonchev–Trinajstić information content (AvgIpc) is 2.46. The summed E-state index contributed by atoms with van der Waals surface area (Å²) < 4.78 is 10.6. The van der Waals surface area contributed by atoms with Gasteiger partial charge in [0.05, 0.1) is 13.2 Å². The van der Waals surface area contributed by atoms with E-state index in [9.17, 15) is 0 Å². The van der Waals surface area contributed by atoms with Gasteiger partial charge in [-0.1, -0.05) is 19.1 Å². The highest BCUT2D eigenvalue weighted by atomic mass is 16.5. The fourth-order valence-corrected chi connectivity index (χ4v) is 2.15. The number of nitrogens with one attached hydrogen (secondary N) is 1. The van der Waals surface area contributed by atoms with E-state index in [0.717, 1.165) is 32.0 Å². The third kappa shape index (κ3) is 5.90. The molecule has 0 aliphatic rings. The molecule has 114 valence electrons. The van der Waals surface area contributed by atoms with E-state index in [0.29, 0.717) is 12.6 Å². The van der Waals surface area contributed by atoms with E-state index in [1.54, 1.807) is 7.11 Å². The van der Waals surface area contributed by atoms with E-state index in [2.05, 4.69) is 36.3 Å². The van der Waals surface area contributed by atoms with Crippen LogP contribution in [-0.2, 0) is 4.74 Å². The molecule has 1 atom stereocenters. The van der Waals surface area contributed by atoms with E-state index >= 15 is 0 Å². The summed E-state index contributed by atoms with van der Waals surface area (Å²) >= 11 is 0. The molecule has 0 aliphatic carbocycles. The summed E-state index contributed by atoms with van der Waals surface area (Å²) in [5.41, 5.74) is 1.29. The topological polar surface area (TPSA) is 33.7 Å². The second-order valence-electron chi connectivity index (χ2n) is 4.87. The maximum absolute atomic E-state index is 5.49. The smallest absolute Gasteiger partial charge is 0.119 e. The first kappa shape index (κ1) is 17.0. The molecule has 0 fully saturated rings. The lowest BCUT2D eigenvalue weighted by Gasteiger charge is -2.25. The van der Waals surface area contributed by atoms with Crippen molar-refractivity contribution in [2.75, 3.05) is 47.0 Å². The van der Waals surface area contributed by atoms with Crippen molar-refractivity contribution in [2.24, 2.45) is 0 Å². The van der Waals surface area contributed by atoms with E-state index in [1.165, 1.54) is 5.56 Å². The first-order valence-electron chi connectivity index (χ1n) is 7.34. The van der Waals surface area contributed by atoms with Gasteiger partial charge in [-0.2, -0.15) is 0 Å². The van der Waals surface area contributed by atoms with Crippen LogP contribution in [-0.4, -0.2) is 51.9 Å². The average molecular weight is 280 g/mol. The Morgan fingerprint density at radius 3 is 2.45 bits per heavy atom. The third-order valence-electron chi connectivity index (χ3n) is 3.22. The van der Waals surface area contributed by atoms with Crippen LogP contribution in [0.5, 0.6) is 5.75 Å². The first-order valence-corrected chi connectivity index (χ1v) is 7.34. The molecule has 1 rings (SSSR count). The lowest BCUT2D eigenvalue weighted by molar-refractivity contribution is 0.155. The van der Waals surface area contributed by atoms with Gasteiger partial charge in [0.15, 0.2) is 0 Å². The first-order chi connectivity index (χ1) is 9.71. The summed E-state index contributed by atoms with van der Waals surface area (Å²) in [4.78, 5) is 2.29. The Bertz CT molecular complexity index is 354. The molecule has 1 aromatic carbocycles. The molecule has 1 N–H and O–H groups in total. The van der Waals surface area contributed by atoms with Crippen LogP contribution in [0.1, 0.15) is 25.5 Å². The van der Waals surface area contributed by atoms with Gasteiger partial charge in [-0.05, 0) is 38.2 Å². The van der Waals surface area contributed by atoms with Crippen molar-refractivity contribution >= 4 is 0 Å². The fourth-order valence-electron chi connectivity index (χ4n) is 2.15. The normalized spacial score (nSPS) is 12.7. The van der Waals surface area contributed by atoms with Crippen molar-refractivity contribution in [2.45, 2.75) is 19.9 Å². The summed E-state index contributed by atoms with van der Waals surface area (Å²) in [6, 6.07) is 8.69. The van der Waals surface area contributed by atoms with Crippen molar-refractivity contribution in [1.29, 1.82) is 0 Å². The lowest BCUT2D eigenvalue weighted by atomic mass is 10.1. The van der Waals surface area contributed by atoms with E-state index in [-0.39, 0.29) is 0 Å². The number of hydrogen-bond donors (Lipinski definition) is 1. The molecule has 4 nitrogen and oxygen atoms in total.